The quantitative estimate of drug-likeness (QED) is 0.738. The first-order chi connectivity index (χ1) is 12.7. The monoisotopic (exact) mass is 346 g/mol. The molecule has 1 aromatic carbocycles. The van der Waals surface area contributed by atoms with E-state index in [-0.39, 0.29) is 5.41 Å². The van der Waals surface area contributed by atoms with Crippen LogP contribution in [0.3, 0.4) is 0 Å². The molecular formula is C21H24N5+. The molecule has 0 unspecified atom stereocenters. The van der Waals surface area contributed by atoms with Gasteiger partial charge in [0.25, 0.3) is 0 Å². The van der Waals surface area contributed by atoms with Gasteiger partial charge in [0, 0.05) is 22.6 Å². The first kappa shape index (κ1) is 15.7. The summed E-state index contributed by atoms with van der Waals surface area (Å²) >= 11 is 0. The molecule has 3 aliphatic carbocycles. The van der Waals surface area contributed by atoms with Crippen molar-refractivity contribution in [3.63, 3.8) is 0 Å². The zero-order valence-corrected chi connectivity index (χ0v) is 15.2. The molecule has 0 atom stereocenters. The SMILES string of the molecule is C[n+]1ccc(-c2cccc(-c3ncnc(C45CCC(CC4)CC5)n3)c2)[nH]1. The van der Waals surface area contributed by atoms with Crippen LogP contribution in [-0.4, -0.2) is 20.1 Å². The van der Waals surface area contributed by atoms with Crippen molar-refractivity contribution in [2.75, 3.05) is 0 Å². The maximum Gasteiger partial charge on any atom is 0.195 e. The largest absolute Gasteiger partial charge is 0.221 e. The Labute approximate surface area is 153 Å². The molecule has 2 aromatic heterocycles. The number of hydrogen-bond acceptors (Lipinski definition) is 3. The minimum absolute atomic E-state index is 0.192. The number of benzene rings is 1. The number of nitrogens with zero attached hydrogens (tertiary/aromatic N) is 4. The Morgan fingerprint density at radius 1 is 1.04 bits per heavy atom. The summed E-state index contributed by atoms with van der Waals surface area (Å²) in [6.45, 7) is 0. The van der Waals surface area contributed by atoms with Gasteiger partial charge in [-0.25, -0.2) is 15.0 Å². The van der Waals surface area contributed by atoms with Gasteiger partial charge in [-0.1, -0.05) is 18.2 Å². The standard InChI is InChI=1S/C21H23N5/c1-26-12-8-18(25-26)16-3-2-4-17(13-16)19-22-14-23-20(24-19)21-9-5-15(6-10-21)7-11-21/h2-4,8,12-15H,5-7,9-11H2,1H3/p+1. The van der Waals surface area contributed by atoms with E-state index in [1.54, 1.807) is 6.33 Å². The lowest BCUT2D eigenvalue weighted by atomic mass is 9.60. The van der Waals surface area contributed by atoms with Crippen LogP contribution in [0.1, 0.15) is 44.3 Å². The Bertz CT molecular complexity index is 923. The second-order valence-electron chi connectivity index (χ2n) is 7.93. The number of nitrogens with one attached hydrogen (secondary N) is 1. The normalized spacial score (nSPS) is 24.7. The molecule has 2 heterocycles. The van der Waals surface area contributed by atoms with Crippen LogP contribution >= 0.6 is 0 Å². The fraction of sp³-hybridized carbons (Fsp3) is 0.429. The third-order valence-electron chi connectivity index (χ3n) is 6.33. The molecule has 0 aliphatic heterocycles. The summed E-state index contributed by atoms with van der Waals surface area (Å²) in [5.41, 5.74) is 3.47. The van der Waals surface area contributed by atoms with E-state index in [0.717, 1.165) is 34.4 Å². The van der Waals surface area contributed by atoms with E-state index < -0.39 is 0 Å². The number of aryl methyl sites for hydroxylation is 1. The first-order valence-corrected chi connectivity index (χ1v) is 9.57. The highest BCUT2D eigenvalue weighted by molar-refractivity contribution is 5.67. The van der Waals surface area contributed by atoms with Gasteiger partial charge in [0.15, 0.2) is 19.1 Å². The zero-order chi connectivity index (χ0) is 17.6. The van der Waals surface area contributed by atoms with Crippen molar-refractivity contribution in [2.45, 2.75) is 43.9 Å². The summed E-state index contributed by atoms with van der Waals surface area (Å²) in [6.07, 6.45) is 11.4. The fourth-order valence-electron chi connectivity index (χ4n) is 4.71. The van der Waals surface area contributed by atoms with Gasteiger partial charge in [-0.05, 0) is 50.5 Å². The molecule has 0 radical (unpaired) electrons. The summed E-state index contributed by atoms with van der Waals surface area (Å²) in [6, 6.07) is 10.5. The molecule has 2 bridgehead atoms. The molecule has 132 valence electrons. The molecule has 5 heteroatoms. The minimum atomic E-state index is 0.192. The number of rotatable bonds is 3. The highest BCUT2D eigenvalue weighted by atomic mass is 15.2. The van der Waals surface area contributed by atoms with E-state index in [2.05, 4.69) is 45.4 Å². The summed E-state index contributed by atoms with van der Waals surface area (Å²) in [4.78, 5) is 14.0. The molecule has 3 aromatic rings. The second kappa shape index (κ2) is 6.01. The lowest BCUT2D eigenvalue weighted by Crippen LogP contribution is -2.39. The zero-order valence-electron chi connectivity index (χ0n) is 15.2. The molecule has 3 saturated carbocycles. The lowest BCUT2D eigenvalue weighted by molar-refractivity contribution is -0.726. The van der Waals surface area contributed by atoms with Gasteiger partial charge < -0.3 is 0 Å². The Hall–Kier alpha value is -2.56. The van der Waals surface area contributed by atoms with Crippen molar-refractivity contribution in [1.29, 1.82) is 0 Å². The predicted molar refractivity (Wildman–Crippen MR) is 99.1 cm³/mol. The summed E-state index contributed by atoms with van der Waals surface area (Å²) < 4.78 is 1.95. The van der Waals surface area contributed by atoms with Gasteiger partial charge in [0.2, 0.25) is 0 Å². The molecule has 26 heavy (non-hydrogen) atoms. The average molecular weight is 346 g/mol. The van der Waals surface area contributed by atoms with Gasteiger partial charge in [-0.3, -0.25) is 0 Å². The molecule has 1 N–H and O–H groups in total. The fourth-order valence-corrected chi connectivity index (χ4v) is 4.71. The number of aromatic amines is 1. The molecule has 3 fully saturated rings. The van der Waals surface area contributed by atoms with Crippen molar-refractivity contribution in [2.24, 2.45) is 13.0 Å². The highest BCUT2D eigenvalue weighted by Crippen LogP contribution is 2.50. The van der Waals surface area contributed by atoms with Crippen LogP contribution in [0.15, 0.2) is 42.9 Å². The van der Waals surface area contributed by atoms with E-state index in [1.807, 2.05) is 17.9 Å². The van der Waals surface area contributed by atoms with Gasteiger partial charge in [0.1, 0.15) is 17.8 Å². The first-order valence-electron chi connectivity index (χ1n) is 9.57. The number of fused-ring (bicyclic) bond motifs is 3. The van der Waals surface area contributed by atoms with Crippen LogP contribution in [0.25, 0.3) is 22.6 Å². The average Bonchev–Trinajstić information content (AvgIpc) is 3.16. The van der Waals surface area contributed by atoms with Crippen molar-refractivity contribution >= 4 is 0 Å². The maximum atomic E-state index is 4.94. The molecule has 6 rings (SSSR count). The lowest BCUT2D eigenvalue weighted by Gasteiger charge is -2.45. The third kappa shape index (κ3) is 2.62. The summed E-state index contributed by atoms with van der Waals surface area (Å²) in [5.74, 6) is 2.74. The van der Waals surface area contributed by atoms with E-state index in [4.69, 9.17) is 4.98 Å². The Kier molecular flexibility index (Phi) is 3.62. The number of hydrogen-bond donors (Lipinski definition) is 1. The van der Waals surface area contributed by atoms with Gasteiger partial charge >= 0.3 is 0 Å². The Morgan fingerprint density at radius 3 is 2.54 bits per heavy atom. The maximum absolute atomic E-state index is 4.94. The van der Waals surface area contributed by atoms with E-state index in [0.29, 0.717) is 0 Å². The van der Waals surface area contributed by atoms with Crippen LogP contribution in [-0.2, 0) is 12.5 Å². The number of aromatic nitrogens is 5. The van der Waals surface area contributed by atoms with Crippen LogP contribution in [0, 0.1) is 5.92 Å². The predicted octanol–water partition coefficient (Wildman–Crippen LogP) is 3.58. The smallest absolute Gasteiger partial charge is 0.195 e. The molecule has 0 saturated heterocycles. The summed E-state index contributed by atoms with van der Waals surface area (Å²) in [7, 11) is 1.99. The minimum Gasteiger partial charge on any atom is -0.221 e. The second-order valence-corrected chi connectivity index (χ2v) is 7.93. The summed E-state index contributed by atoms with van der Waals surface area (Å²) in [5, 5.41) is 3.32. The molecule has 3 aliphatic rings. The van der Waals surface area contributed by atoms with Gasteiger partial charge in [-0.2, -0.15) is 5.10 Å². The van der Waals surface area contributed by atoms with E-state index in [1.165, 1.54) is 38.5 Å². The van der Waals surface area contributed by atoms with E-state index in [9.17, 15) is 0 Å². The topological polar surface area (TPSA) is 58.3 Å². The van der Waals surface area contributed by atoms with Crippen LogP contribution < -0.4 is 4.68 Å². The molecule has 5 nitrogen and oxygen atoms in total. The Balaban J connectivity index is 1.51. The Morgan fingerprint density at radius 2 is 1.81 bits per heavy atom. The van der Waals surface area contributed by atoms with Crippen molar-refractivity contribution in [3.05, 3.63) is 48.7 Å². The molecule has 0 amide bonds. The highest BCUT2D eigenvalue weighted by Gasteiger charge is 2.43. The molecule has 0 spiro atoms. The van der Waals surface area contributed by atoms with Crippen molar-refractivity contribution in [1.82, 2.24) is 20.1 Å². The van der Waals surface area contributed by atoms with Crippen LogP contribution in [0.5, 0.6) is 0 Å². The van der Waals surface area contributed by atoms with Crippen molar-refractivity contribution in [3.8, 4) is 22.6 Å². The van der Waals surface area contributed by atoms with Crippen LogP contribution in [0.2, 0.25) is 0 Å². The van der Waals surface area contributed by atoms with Crippen molar-refractivity contribution < 1.29 is 4.68 Å². The molecular weight excluding hydrogens is 322 g/mol. The van der Waals surface area contributed by atoms with Gasteiger partial charge in [-0.15, -0.1) is 4.68 Å². The van der Waals surface area contributed by atoms with Crippen LogP contribution in [0.4, 0.5) is 0 Å². The van der Waals surface area contributed by atoms with E-state index >= 15 is 0 Å². The number of H-pyrrole nitrogens is 1. The van der Waals surface area contributed by atoms with Gasteiger partial charge in [0.05, 0.1) is 0 Å². The third-order valence-corrected chi connectivity index (χ3v) is 6.33.